The maximum Gasteiger partial charge on any atom is 0.263 e. The molecule has 0 aliphatic rings. The second kappa shape index (κ2) is 7.99. The quantitative estimate of drug-likeness (QED) is 0.664. The molecule has 0 unspecified atom stereocenters. The third-order valence-corrected chi connectivity index (χ3v) is 4.00. The lowest BCUT2D eigenvalue weighted by molar-refractivity contribution is -0.137. The van der Waals surface area contributed by atoms with Crippen LogP contribution in [0.25, 0.3) is 11.4 Å². The van der Waals surface area contributed by atoms with Gasteiger partial charge in [-0.1, -0.05) is 35.0 Å². The standard InChI is InChI=1S/C20H20FN3O3/c1-13-4-6-15(7-5-13)19-22-18(27-23-19)12-24(3)20(25)14(2)26-17-10-8-16(21)9-11-17/h4-11,14H,12H2,1-3H3/t14-/m1/s1. The first-order valence-corrected chi connectivity index (χ1v) is 8.49. The fraction of sp³-hybridized carbons (Fsp3) is 0.250. The molecule has 3 rings (SSSR count). The number of halogens is 1. The summed E-state index contributed by atoms with van der Waals surface area (Å²) in [5.74, 6) is 0.607. The van der Waals surface area contributed by atoms with E-state index in [0.717, 1.165) is 11.1 Å². The molecule has 0 saturated heterocycles. The van der Waals surface area contributed by atoms with E-state index in [9.17, 15) is 9.18 Å². The lowest BCUT2D eigenvalue weighted by Gasteiger charge is -2.20. The summed E-state index contributed by atoms with van der Waals surface area (Å²) in [5.41, 5.74) is 1.99. The first-order chi connectivity index (χ1) is 12.9. The van der Waals surface area contributed by atoms with E-state index in [1.807, 2.05) is 31.2 Å². The molecule has 1 aromatic heterocycles. The van der Waals surface area contributed by atoms with Crippen LogP contribution in [0.1, 0.15) is 18.4 Å². The molecule has 6 nitrogen and oxygen atoms in total. The number of carbonyl (C=O) groups excluding carboxylic acids is 1. The molecule has 0 bridgehead atoms. The summed E-state index contributed by atoms with van der Waals surface area (Å²) < 4.78 is 23.7. The van der Waals surface area contributed by atoms with E-state index < -0.39 is 6.10 Å². The second-order valence-electron chi connectivity index (χ2n) is 6.29. The minimum Gasteiger partial charge on any atom is -0.481 e. The van der Waals surface area contributed by atoms with Crippen LogP contribution >= 0.6 is 0 Å². The molecule has 0 radical (unpaired) electrons. The van der Waals surface area contributed by atoms with Crippen molar-refractivity contribution in [3.63, 3.8) is 0 Å². The van der Waals surface area contributed by atoms with Crippen LogP contribution in [0.5, 0.6) is 5.75 Å². The van der Waals surface area contributed by atoms with Crippen molar-refractivity contribution in [2.24, 2.45) is 0 Å². The number of carbonyl (C=O) groups is 1. The minimum absolute atomic E-state index is 0.162. The Hall–Kier alpha value is -3.22. The summed E-state index contributed by atoms with van der Waals surface area (Å²) in [4.78, 5) is 18.2. The van der Waals surface area contributed by atoms with Crippen molar-refractivity contribution in [1.82, 2.24) is 15.0 Å². The molecular weight excluding hydrogens is 349 g/mol. The van der Waals surface area contributed by atoms with Crippen LogP contribution in [0.4, 0.5) is 4.39 Å². The predicted molar refractivity (Wildman–Crippen MR) is 97.4 cm³/mol. The smallest absolute Gasteiger partial charge is 0.263 e. The maximum atomic E-state index is 12.9. The minimum atomic E-state index is -0.736. The Kier molecular flexibility index (Phi) is 5.49. The molecule has 0 N–H and O–H groups in total. The largest absolute Gasteiger partial charge is 0.481 e. The predicted octanol–water partition coefficient (Wildman–Crippen LogP) is 3.61. The SMILES string of the molecule is Cc1ccc(-c2noc(CN(C)C(=O)[C@@H](C)Oc3ccc(F)cc3)n2)cc1. The molecule has 0 fully saturated rings. The van der Waals surface area contributed by atoms with Gasteiger partial charge in [0, 0.05) is 12.6 Å². The normalized spacial score (nSPS) is 11.9. The van der Waals surface area contributed by atoms with Crippen LogP contribution in [0.2, 0.25) is 0 Å². The Balaban J connectivity index is 1.60. The Labute approximate surface area is 156 Å². The van der Waals surface area contributed by atoms with Crippen molar-refractivity contribution in [1.29, 1.82) is 0 Å². The van der Waals surface area contributed by atoms with E-state index in [1.54, 1.807) is 14.0 Å². The monoisotopic (exact) mass is 369 g/mol. The average Bonchev–Trinajstić information content (AvgIpc) is 3.12. The zero-order valence-electron chi connectivity index (χ0n) is 15.3. The van der Waals surface area contributed by atoms with Gasteiger partial charge < -0.3 is 14.2 Å². The van der Waals surface area contributed by atoms with Crippen LogP contribution in [0.15, 0.2) is 53.1 Å². The summed E-state index contributed by atoms with van der Waals surface area (Å²) in [5, 5.41) is 3.96. The lowest BCUT2D eigenvalue weighted by atomic mass is 10.1. The van der Waals surface area contributed by atoms with Gasteiger partial charge in [0.2, 0.25) is 11.7 Å². The average molecular weight is 369 g/mol. The van der Waals surface area contributed by atoms with Gasteiger partial charge in [0.15, 0.2) is 6.10 Å². The molecule has 140 valence electrons. The van der Waals surface area contributed by atoms with Gasteiger partial charge in [-0.3, -0.25) is 4.79 Å². The van der Waals surface area contributed by atoms with Crippen molar-refractivity contribution in [3.8, 4) is 17.1 Å². The number of benzene rings is 2. The van der Waals surface area contributed by atoms with Crippen molar-refractivity contribution in [2.75, 3.05) is 7.05 Å². The highest BCUT2D eigenvalue weighted by Gasteiger charge is 2.21. The molecule has 0 aliphatic heterocycles. The van der Waals surface area contributed by atoms with Crippen LogP contribution in [0.3, 0.4) is 0 Å². The zero-order chi connectivity index (χ0) is 19.4. The fourth-order valence-corrected chi connectivity index (χ4v) is 2.50. The highest BCUT2D eigenvalue weighted by Crippen LogP contribution is 2.18. The number of aromatic nitrogens is 2. The topological polar surface area (TPSA) is 68.5 Å². The summed E-state index contributed by atoms with van der Waals surface area (Å²) in [6.07, 6.45) is -0.736. The molecule has 0 spiro atoms. The third-order valence-electron chi connectivity index (χ3n) is 4.00. The fourth-order valence-electron chi connectivity index (χ4n) is 2.50. The van der Waals surface area contributed by atoms with E-state index in [1.165, 1.54) is 29.2 Å². The molecule has 0 aliphatic carbocycles. The number of rotatable bonds is 6. The number of ether oxygens (including phenoxy) is 1. The summed E-state index contributed by atoms with van der Waals surface area (Å²) in [6.45, 7) is 3.80. The highest BCUT2D eigenvalue weighted by molar-refractivity contribution is 5.80. The van der Waals surface area contributed by atoms with Crippen LogP contribution < -0.4 is 4.74 Å². The van der Waals surface area contributed by atoms with Gasteiger partial charge in [-0.15, -0.1) is 0 Å². The summed E-state index contributed by atoms with van der Waals surface area (Å²) in [7, 11) is 1.63. The number of nitrogens with zero attached hydrogens (tertiary/aromatic N) is 3. The number of hydrogen-bond acceptors (Lipinski definition) is 5. The molecule has 1 amide bonds. The van der Waals surface area contributed by atoms with Crippen molar-refractivity contribution < 1.29 is 18.4 Å². The van der Waals surface area contributed by atoms with E-state index >= 15 is 0 Å². The van der Waals surface area contributed by atoms with Gasteiger partial charge in [-0.05, 0) is 38.1 Å². The molecule has 3 aromatic rings. The number of aryl methyl sites for hydroxylation is 1. The van der Waals surface area contributed by atoms with Crippen molar-refractivity contribution in [3.05, 3.63) is 65.8 Å². The van der Waals surface area contributed by atoms with Gasteiger partial charge >= 0.3 is 0 Å². The molecule has 0 saturated carbocycles. The summed E-state index contributed by atoms with van der Waals surface area (Å²) >= 11 is 0. The van der Waals surface area contributed by atoms with E-state index in [-0.39, 0.29) is 18.3 Å². The molecule has 7 heteroatoms. The molecule has 1 heterocycles. The first kappa shape index (κ1) is 18.6. The maximum absolute atomic E-state index is 12.9. The second-order valence-corrected chi connectivity index (χ2v) is 6.29. The Morgan fingerprint density at radius 3 is 2.52 bits per heavy atom. The Morgan fingerprint density at radius 2 is 1.85 bits per heavy atom. The van der Waals surface area contributed by atoms with Crippen molar-refractivity contribution >= 4 is 5.91 Å². The lowest BCUT2D eigenvalue weighted by Crippen LogP contribution is -2.37. The Bertz CT molecular complexity index is 907. The van der Waals surface area contributed by atoms with Gasteiger partial charge in [0.25, 0.3) is 5.91 Å². The van der Waals surface area contributed by atoms with E-state index in [4.69, 9.17) is 9.26 Å². The van der Waals surface area contributed by atoms with E-state index in [2.05, 4.69) is 10.1 Å². The number of likely N-dealkylation sites (N-methyl/N-ethyl adjacent to an activating group) is 1. The van der Waals surface area contributed by atoms with E-state index in [0.29, 0.717) is 17.5 Å². The molecule has 27 heavy (non-hydrogen) atoms. The Morgan fingerprint density at radius 1 is 1.19 bits per heavy atom. The molecule has 1 atom stereocenters. The third kappa shape index (κ3) is 4.69. The van der Waals surface area contributed by atoms with Crippen LogP contribution in [-0.4, -0.2) is 34.1 Å². The molecular formula is C20H20FN3O3. The number of hydrogen-bond donors (Lipinski definition) is 0. The van der Waals surface area contributed by atoms with Crippen LogP contribution in [-0.2, 0) is 11.3 Å². The van der Waals surface area contributed by atoms with Crippen LogP contribution in [0, 0.1) is 12.7 Å². The summed E-state index contributed by atoms with van der Waals surface area (Å²) in [6, 6.07) is 13.3. The van der Waals surface area contributed by atoms with Gasteiger partial charge in [0.1, 0.15) is 11.6 Å². The number of amides is 1. The molecule has 2 aromatic carbocycles. The van der Waals surface area contributed by atoms with Gasteiger partial charge in [-0.2, -0.15) is 4.98 Å². The highest BCUT2D eigenvalue weighted by atomic mass is 19.1. The first-order valence-electron chi connectivity index (χ1n) is 8.49. The van der Waals surface area contributed by atoms with Gasteiger partial charge in [0.05, 0.1) is 6.54 Å². The van der Waals surface area contributed by atoms with Gasteiger partial charge in [-0.25, -0.2) is 4.39 Å². The van der Waals surface area contributed by atoms with Crippen molar-refractivity contribution in [2.45, 2.75) is 26.5 Å². The zero-order valence-corrected chi connectivity index (χ0v) is 15.3.